The van der Waals surface area contributed by atoms with Crippen LogP contribution in [0.2, 0.25) is 0 Å². The predicted octanol–water partition coefficient (Wildman–Crippen LogP) is 1.08. The molecule has 0 spiro atoms. The fourth-order valence-electron chi connectivity index (χ4n) is 2.67. The molecule has 0 saturated carbocycles. The Labute approximate surface area is 124 Å². The molecule has 0 amide bonds. The zero-order valence-corrected chi connectivity index (χ0v) is 12.6. The van der Waals surface area contributed by atoms with Gasteiger partial charge in [0.1, 0.15) is 6.04 Å². The van der Waals surface area contributed by atoms with Crippen molar-refractivity contribution in [2.45, 2.75) is 31.3 Å². The molecule has 1 heterocycles. The molecule has 0 radical (unpaired) electrons. The van der Waals surface area contributed by atoms with Gasteiger partial charge in [0.05, 0.1) is 12.9 Å². The van der Waals surface area contributed by atoms with E-state index >= 15 is 0 Å². The van der Waals surface area contributed by atoms with Gasteiger partial charge >= 0.3 is 5.97 Å². The Morgan fingerprint density at radius 3 is 2.81 bits per heavy atom. The molecule has 1 aromatic rings. The van der Waals surface area contributed by atoms with Gasteiger partial charge in [0.15, 0.2) is 0 Å². The van der Waals surface area contributed by atoms with E-state index in [1.54, 1.807) is 0 Å². The number of esters is 1. The van der Waals surface area contributed by atoms with E-state index in [2.05, 4.69) is 5.32 Å². The molecule has 2 N–H and O–H groups in total. The molecule has 2 unspecified atom stereocenters. The standard InChI is InChI=1S/C14H19NO5S/c1-20-14(16)13-9-10-5-2-3-6-11(10)12(15-13)7-4-8-21(17,18)19/h2-3,5-6,12-13,15H,4,7-9H2,1H3,(H,17,18,19). The van der Waals surface area contributed by atoms with Crippen molar-refractivity contribution in [2.24, 2.45) is 0 Å². The number of rotatable bonds is 5. The van der Waals surface area contributed by atoms with Gasteiger partial charge in [0, 0.05) is 6.04 Å². The number of carbonyl (C=O) groups excluding carboxylic acids is 1. The van der Waals surface area contributed by atoms with Crippen LogP contribution < -0.4 is 5.32 Å². The fraction of sp³-hybridized carbons (Fsp3) is 0.500. The van der Waals surface area contributed by atoms with E-state index in [-0.39, 0.29) is 17.8 Å². The van der Waals surface area contributed by atoms with E-state index in [0.29, 0.717) is 19.3 Å². The summed E-state index contributed by atoms with van der Waals surface area (Å²) < 4.78 is 35.2. The first-order valence-electron chi connectivity index (χ1n) is 6.77. The third-order valence-corrected chi connectivity index (χ3v) is 4.44. The molecule has 0 fully saturated rings. The summed E-state index contributed by atoms with van der Waals surface area (Å²) >= 11 is 0. The molecular formula is C14H19NO5S. The lowest BCUT2D eigenvalue weighted by Crippen LogP contribution is -2.45. The number of methoxy groups -OCH3 is 1. The Balaban J connectivity index is 2.13. The van der Waals surface area contributed by atoms with Crippen molar-refractivity contribution in [1.82, 2.24) is 5.32 Å². The van der Waals surface area contributed by atoms with Gasteiger partial charge in [-0.05, 0) is 30.4 Å². The van der Waals surface area contributed by atoms with E-state index in [0.717, 1.165) is 11.1 Å². The van der Waals surface area contributed by atoms with Crippen molar-refractivity contribution < 1.29 is 22.5 Å². The second kappa shape index (κ2) is 6.55. The summed E-state index contributed by atoms with van der Waals surface area (Å²) in [4.78, 5) is 11.7. The van der Waals surface area contributed by atoms with E-state index in [4.69, 9.17) is 9.29 Å². The molecule has 6 nitrogen and oxygen atoms in total. The smallest absolute Gasteiger partial charge is 0.323 e. The Bertz CT molecular complexity index is 614. The minimum atomic E-state index is -3.96. The van der Waals surface area contributed by atoms with Gasteiger partial charge < -0.3 is 4.74 Å². The predicted molar refractivity (Wildman–Crippen MR) is 77.5 cm³/mol. The van der Waals surface area contributed by atoms with Crippen LogP contribution in [0.3, 0.4) is 0 Å². The van der Waals surface area contributed by atoms with Gasteiger partial charge in [-0.2, -0.15) is 8.42 Å². The Morgan fingerprint density at radius 2 is 2.14 bits per heavy atom. The molecule has 1 aliphatic heterocycles. The van der Waals surface area contributed by atoms with Crippen LogP contribution >= 0.6 is 0 Å². The van der Waals surface area contributed by atoms with E-state index in [1.165, 1.54) is 7.11 Å². The Kier molecular flexibility index (Phi) is 4.97. The number of hydrogen-bond acceptors (Lipinski definition) is 5. The lowest BCUT2D eigenvalue weighted by Gasteiger charge is -2.31. The second-order valence-corrected chi connectivity index (χ2v) is 6.70. The first kappa shape index (κ1) is 15.9. The Morgan fingerprint density at radius 1 is 1.43 bits per heavy atom. The number of ether oxygens (including phenoxy) is 1. The van der Waals surface area contributed by atoms with Crippen molar-refractivity contribution in [3.63, 3.8) is 0 Å². The minimum absolute atomic E-state index is 0.124. The number of nitrogens with one attached hydrogen (secondary N) is 1. The van der Waals surface area contributed by atoms with Gasteiger partial charge in [-0.1, -0.05) is 24.3 Å². The normalized spacial score (nSPS) is 21.6. The molecule has 2 rings (SSSR count). The van der Waals surface area contributed by atoms with Crippen molar-refractivity contribution >= 4 is 16.1 Å². The molecule has 0 aliphatic carbocycles. The maximum Gasteiger partial charge on any atom is 0.323 e. The van der Waals surface area contributed by atoms with Gasteiger partial charge in [0.25, 0.3) is 10.1 Å². The molecular weight excluding hydrogens is 294 g/mol. The minimum Gasteiger partial charge on any atom is -0.468 e. The maximum atomic E-state index is 11.7. The number of carbonyl (C=O) groups is 1. The van der Waals surface area contributed by atoms with Crippen molar-refractivity contribution in [2.75, 3.05) is 12.9 Å². The van der Waals surface area contributed by atoms with Crippen LogP contribution in [0.25, 0.3) is 0 Å². The SMILES string of the molecule is COC(=O)C1Cc2ccccc2C(CCCS(=O)(=O)O)N1. The fourth-order valence-corrected chi connectivity index (χ4v) is 3.21. The van der Waals surface area contributed by atoms with Crippen LogP contribution in [-0.4, -0.2) is 37.8 Å². The van der Waals surface area contributed by atoms with Crippen LogP contribution in [0, 0.1) is 0 Å². The summed E-state index contributed by atoms with van der Waals surface area (Å²) in [6, 6.07) is 7.19. The zero-order chi connectivity index (χ0) is 15.5. The molecule has 1 aliphatic rings. The summed E-state index contributed by atoms with van der Waals surface area (Å²) in [5.41, 5.74) is 2.12. The van der Waals surface area contributed by atoms with Gasteiger partial charge in [-0.15, -0.1) is 0 Å². The first-order chi connectivity index (χ1) is 9.90. The largest absolute Gasteiger partial charge is 0.468 e. The highest BCUT2D eigenvalue weighted by Gasteiger charge is 2.30. The average Bonchev–Trinajstić information content (AvgIpc) is 2.44. The number of hydrogen-bond donors (Lipinski definition) is 2. The molecule has 0 aromatic heterocycles. The first-order valence-corrected chi connectivity index (χ1v) is 8.38. The quantitative estimate of drug-likeness (QED) is 0.624. The number of fused-ring (bicyclic) bond motifs is 1. The third kappa shape index (κ3) is 4.26. The Hall–Kier alpha value is -1.44. The van der Waals surface area contributed by atoms with E-state index in [1.807, 2.05) is 24.3 Å². The van der Waals surface area contributed by atoms with Crippen LogP contribution in [0.15, 0.2) is 24.3 Å². The topological polar surface area (TPSA) is 92.7 Å². The molecule has 1 aromatic carbocycles. The number of benzene rings is 1. The molecule has 7 heteroatoms. The van der Waals surface area contributed by atoms with Crippen molar-refractivity contribution in [1.29, 1.82) is 0 Å². The summed E-state index contributed by atoms with van der Waals surface area (Å²) in [6.07, 6.45) is 1.39. The average molecular weight is 313 g/mol. The van der Waals surface area contributed by atoms with Crippen LogP contribution in [0.1, 0.15) is 30.0 Å². The van der Waals surface area contributed by atoms with Gasteiger partial charge in [-0.25, -0.2) is 0 Å². The molecule has 116 valence electrons. The maximum absolute atomic E-state index is 11.7. The highest BCUT2D eigenvalue weighted by Crippen LogP contribution is 2.28. The second-order valence-electron chi connectivity index (χ2n) is 5.13. The van der Waals surface area contributed by atoms with Gasteiger partial charge in [-0.3, -0.25) is 14.7 Å². The highest BCUT2D eigenvalue weighted by atomic mass is 32.2. The van der Waals surface area contributed by atoms with Gasteiger partial charge in [0.2, 0.25) is 0 Å². The lowest BCUT2D eigenvalue weighted by atomic mass is 9.88. The van der Waals surface area contributed by atoms with Crippen LogP contribution in [-0.2, 0) is 26.1 Å². The van der Waals surface area contributed by atoms with E-state index in [9.17, 15) is 13.2 Å². The van der Waals surface area contributed by atoms with Crippen molar-refractivity contribution in [3.05, 3.63) is 35.4 Å². The molecule has 0 bridgehead atoms. The zero-order valence-electron chi connectivity index (χ0n) is 11.8. The summed E-state index contributed by atoms with van der Waals surface area (Å²) in [5.74, 6) is -0.611. The lowest BCUT2D eigenvalue weighted by molar-refractivity contribution is -0.143. The molecule has 2 atom stereocenters. The molecule has 21 heavy (non-hydrogen) atoms. The summed E-state index contributed by atoms with van der Waals surface area (Å²) in [7, 11) is -2.61. The van der Waals surface area contributed by atoms with Crippen LogP contribution in [0.5, 0.6) is 0 Å². The monoisotopic (exact) mass is 313 g/mol. The third-order valence-electron chi connectivity index (χ3n) is 3.64. The molecule has 0 saturated heterocycles. The van der Waals surface area contributed by atoms with Crippen LogP contribution in [0.4, 0.5) is 0 Å². The van der Waals surface area contributed by atoms with Crippen molar-refractivity contribution in [3.8, 4) is 0 Å². The summed E-state index contributed by atoms with van der Waals surface area (Å²) in [6.45, 7) is 0. The highest BCUT2D eigenvalue weighted by molar-refractivity contribution is 7.85. The summed E-state index contributed by atoms with van der Waals surface area (Å²) in [5, 5.41) is 3.20. The van der Waals surface area contributed by atoms with E-state index < -0.39 is 16.2 Å².